The number of carbonyl (C=O) groups is 1. The number of fused-ring (bicyclic) bond motifs is 2. The molecule has 0 radical (unpaired) electrons. The second-order valence-electron chi connectivity index (χ2n) is 6.86. The van der Waals surface area contributed by atoms with Gasteiger partial charge in [-0.1, -0.05) is 32.4 Å². The van der Waals surface area contributed by atoms with E-state index in [4.69, 9.17) is 4.98 Å². The maximum absolute atomic E-state index is 12.8. The fraction of sp³-hybridized carbons (Fsp3) is 0.421. The molecule has 0 saturated heterocycles. The molecule has 1 aliphatic carbocycles. The number of nitrogens with one attached hydrogen (secondary N) is 3. The van der Waals surface area contributed by atoms with Crippen molar-refractivity contribution in [3.63, 3.8) is 0 Å². The molecule has 1 amide bonds. The summed E-state index contributed by atoms with van der Waals surface area (Å²) in [5.74, 6) is 0.942. The summed E-state index contributed by atoms with van der Waals surface area (Å²) in [7, 11) is 0. The van der Waals surface area contributed by atoms with Crippen molar-refractivity contribution in [3.8, 4) is 0 Å². The van der Waals surface area contributed by atoms with Gasteiger partial charge < -0.3 is 10.3 Å². The molecular weight excluding hydrogens is 314 g/mol. The normalized spacial score (nSPS) is 15.9. The summed E-state index contributed by atoms with van der Waals surface area (Å²) in [5.41, 5.74) is 4.62. The number of hydrogen-bond acceptors (Lipinski definition) is 3. The molecule has 0 saturated carbocycles. The Morgan fingerprint density at radius 2 is 2.16 bits per heavy atom. The first-order valence-corrected chi connectivity index (χ1v) is 8.99. The second kappa shape index (κ2) is 6.35. The van der Waals surface area contributed by atoms with Gasteiger partial charge in [0.15, 0.2) is 5.69 Å². The Morgan fingerprint density at radius 3 is 2.96 bits per heavy atom. The summed E-state index contributed by atoms with van der Waals surface area (Å²) < 4.78 is 0. The Morgan fingerprint density at radius 1 is 1.32 bits per heavy atom. The quantitative estimate of drug-likeness (QED) is 0.668. The number of rotatable bonds is 5. The molecule has 1 aromatic carbocycles. The SMILES string of the molecule is CC[C@H](C)[C@H](NC(=O)c1n[nH]c2c1CCC2)c1nc2ccccc2[nH]1. The first-order valence-electron chi connectivity index (χ1n) is 8.99. The molecule has 2 atom stereocenters. The number of carbonyl (C=O) groups excluding carboxylic acids is 1. The van der Waals surface area contributed by atoms with Crippen molar-refractivity contribution in [1.29, 1.82) is 0 Å². The maximum Gasteiger partial charge on any atom is 0.272 e. The van der Waals surface area contributed by atoms with E-state index in [1.54, 1.807) is 0 Å². The molecule has 3 aromatic rings. The molecule has 2 aromatic heterocycles. The minimum atomic E-state index is -0.168. The Labute approximate surface area is 146 Å². The fourth-order valence-electron chi connectivity index (χ4n) is 3.55. The van der Waals surface area contributed by atoms with E-state index in [1.807, 2.05) is 24.3 Å². The number of nitrogens with zero attached hydrogens (tertiary/aromatic N) is 2. The van der Waals surface area contributed by atoms with Gasteiger partial charge in [0, 0.05) is 11.3 Å². The third kappa shape index (κ3) is 2.81. The van der Waals surface area contributed by atoms with Gasteiger partial charge in [-0.15, -0.1) is 0 Å². The number of aromatic nitrogens is 4. The van der Waals surface area contributed by atoms with Gasteiger partial charge >= 0.3 is 0 Å². The van der Waals surface area contributed by atoms with E-state index in [-0.39, 0.29) is 17.9 Å². The topological polar surface area (TPSA) is 86.5 Å². The lowest BCUT2D eigenvalue weighted by Crippen LogP contribution is -2.34. The molecule has 0 unspecified atom stereocenters. The first-order chi connectivity index (χ1) is 12.2. The Kier molecular flexibility index (Phi) is 4.03. The zero-order valence-electron chi connectivity index (χ0n) is 14.6. The standard InChI is InChI=1S/C19H23N5O/c1-3-11(2)16(18-20-14-8-4-5-9-15(14)21-18)22-19(25)17-12-7-6-10-13(12)23-24-17/h4-5,8-9,11,16H,3,6-7,10H2,1-2H3,(H,20,21)(H,22,25)(H,23,24)/t11-,16-/m0/s1. The number of hydrogen-bond donors (Lipinski definition) is 3. The third-order valence-corrected chi connectivity index (χ3v) is 5.22. The smallest absolute Gasteiger partial charge is 0.272 e. The zero-order chi connectivity index (χ0) is 17.4. The summed E-state index contributed by atoms with van der Waals surface area (Å²) >= 11 is 0. The number of amides is 1. The molecule has 4 rings (SSSR count). The highest BCUT2D eigenvalue weighted by Crippen LogP contribution is 2.27. The van der Waals surface area contributed by atoms with Gasteiger partial charge in [0.1, 0.15) is 5.82 Å². The molecule has 0 bridgehead atoms. The lowest BCUT2D eigenvalue weighted by Gasteiger charge is -2.22. The largest absolute Gasteiger partial charge is 0.340 e. The predicted molar refractivity (Wildman–Crippen MR) is 96.4 cm³/mol. The predicted octanol–water partition coefficient (Wildman–Crippen LogP) is 3.29. The molecule has 130 valence electrons. The number of benzene rings is 1. The van der Waals surface area contributed by atoms with Gasteiger partial charge in [-0.25, -0.2) is 4.98 Å². The molecule has 6 heteroatoms. The van der Waals surface area contributed by atoms with E-state index in [1.165, 1.54) is 0 Å². The molecule has 3 N–H and O–H groups in total. The van der Waals surface area contributed by atoms with Gasteiger partial charge in [-0.3, -0.25) is 9.89 Å². The molecule has 0 spiro atoms. The molecule has 25 heavy (non-hydrogen) atoms. The van der Waals surface area contributed by atoms with Crippen LogP contribution in [0.5, 0.6) is 0 Å². The molecular formula is C19H23N5O. The molecule has 0 aliphatic heterocycles. The van der Waals surface area contributed by atoms with E-state index in [2.05, 4.69) is 34.3 Å². The Hall–Kier alpha value is -2.63. The van der Waals surface area contributed by atoms with E-state index in [9.17, 15) is 4.79 Å². The van der Waals surface area contributed by atoms with Crippen LogP contribution in [0.2, 0.25) is 0 Å². The van der Waals surface area contributed by atoms with Gasteiger partial charge in [0.2, 0.25) is 0 Å². The lowest BCUT2D eigenvalue weighted by molar-refractivity contribution is 0.0914. The van der Waals surface area contributed by atoms with Crippen LogP contribution >= 0.6 is 0 Å². The van der Waals surface area contributed by atoms with Crippen LogP contribution in [-0.2, 0) is 12.8 Å². The van der Waals surface area contributed by atoms with Gasteiger partial charge in [-0.05, 0) is 37.3 Å². The van der Waals surface area contributed by atoms with Crippen molar-refractivity contribution in [2.24, 2.45) is 5.92 Å². The van der Waals surface area contributed by atoms with Crippen LogP contribution in [0.3, 0.4) is 0 Å². The van der Waals surface area contributed by atoms with Crippen LogP contribution in [0.15, 0.2) is 24.3 Å². The summed E-state index contributed by atoms with van der Waals surface area (Å²) in [6, 6.07) is 7.76. The zero-order valence-corrected chi connectivity index (χ0v) is 14.6. The minimum Gasteiger partial charge on any atom is -0.340 e. The van der Waals surface area contributed by atoms with E-state index in [0.29, 0.717) is 5.69 Å². The highest BCUT2D eigenvalue weighted by Gasteiger charge is 2.28. The minimum absolute atomic E-state index is 0.120. The summed E-state index contributed by atoms with van der Waals surface area (Å²) in [6.07, 6.45) is 3.93. The van der Waals surface area contributed by atoms with Crippen LogP contribution in [0, 0.1) is 5.92 Å². The highest BCUT2D eigenvalue weighted by atomic mass is 16.2. The third-order valence-electron chi connectivity index (χ3n) is 5.22. The average molecular weight is 337 g/mol. The molecule has 0 fully saturated rings. The van der Waals surface area contributed by atoms with Crippen molar-refractivity contribution in [2.75, 3.05) is 0 Å². The number of imidazole rings is 1. The Balaban J connectivity index is 1.64. The summed E-state index contributed by atoms with van der Waals surface area (Å²) in [4.78, 5) is 20.9. The second-order valence-corrected chi connectivity index (χ2v) is 6.86. The van der Waals surface area contributed by atoms with Gasteiger partial charge in [0.05, 0.1) is 17.1 Å². The van der Waals surface area contributed by atoms with Crippen molar-refractivity contribution in [2.45, 2.75) is 45.6 Å². The van der Waals surface area contributed by atoms with Crippen LogP contribution < -0.4 is 5.32 Å². The van der Waals surface area contributed by atoms with Crippen LogP contribution in [0.4, 0.5) is 0 Å². The van der Waals surface area contributed by atoms with E-state index < -0.39 is 0 Å². The fourth-order valence-corrected chi connectivity index (χ4v) is 3.55. The van der Waals surface area contributed by atoms with E-state index in [0.717, 1.165) is 53.8 Å². The van der Waals surface area contributed by atoms with Crippen LogP contribution in [0.25, 0.3) is 11.0 Å². The average Bonchev–Trinajstić information content (AvgIpc) is 3.32. The summed E-state index contributed by atoms with van der Waals surface area (Å²) in [6.45, 7) is 4.26. The van der Waals surface area contributed by atoms with Gasteiger partial charge in [-0.2, -0.15) is 5.10 Å². The molecule has 6 nitrogen and oxygen atoms in total. The molecule has 2 heterocycles. The van der Waals surface area contributed by atoms with Crippen LogP contribution in [0.1, 0.15) is 60.3 Å². The Bertz CT molecular complexity index is 877. The maximum atomic E-state index is 12.8. The van der Waals surface area contributed by atoms with Crippen molar-refractivity contribution in [1.82, 2.24) is 25.5 Å². The lowest BCUT2D eigenvalue weighted by atomic mass is 9.98. The van der Waals surface area contributed by atoms with Crippen LogP contribution in [-0.4, -0.2) is 26.1 Å². The number of H-pyrrole nitrogens is 2. The highest BCUT2D eigenvalue weighted by molar-refractivity contribution is 5.94. The number of aromatic amines is 2. The van der Waals surface area contributed by atoms with Crippen molar-refractivity contribution in [3.05, 3.63) is 47.0 Å². The summed E-state index contributed by atoms with van der Waals surface area (Å²) in [5, 5.41) is 10.4. The first kappa shape index (κ1) is 15.9. The van der Waals surface area contributed by atoms with Crippen molar-refractivity contribution < 1.29 is 4.79 Å². The van der Waals surface area contributed by atoms with Crippen molar-refractivity contribution >= 4 is 16.9 Å². The monoisotopic (exact) mass is 337 g/mol. The number of para-hydroxylation sites is 2. The van der Waals surface area contributed by atoms with Gasteiger partial charge in [0.25, 0.3) is 5.91 Å². The van der Waals surface area contributed by atoms with E-state index >= 15 is 0 Å². The number of aryl methyl sites for hydroxylation is 1. The molecule has 1 aliphatic rings.